The molecule has 1 aliphatic rings. The summed E-state index contributed by atoms with van der Waals surface area (Å²) in [6.45, 7) is 8.98. The Balaban J connectivity index is 1.73. The van der Waals surface area contributed by atoms with E-state index in [1.807, 2.05) is 0 Å². The molecule has 2 heteroatoms. The molecule has 0 saturated carbocycles. The van der Waals surface area contributed by atoms with E-state index in [1.165, 1.54) is 38.2 Å². The summed E-state index contributed by atoms with van der Waals surface area (Å²) in [7, 11) is 0. The maximum Gasteiger partial charge on any atom is 0.132 e. The van der Waals surface area contributed by atoms with E-state index >= 15 is 0 Å². The molecule has 1 heterocycles. The average Bonchev–Trinajstić information content (AvgIpc) is 3.05. The second-order valence-electron chi connectivity index (χ2n) is 9.70. The highest BCUT2D eigenvalue weighted by molar-refractivity contribution is 6.02. The first-order valence-corrected chi connectivity index (χ1v) is 11.4. The maximum atomic E-state index is 5.18. The van der Waals surface area contributed by atoms with E-state index in [-0.39, 0.29) is 11.3 Å². The highest BCUT2D eigenvalue weighted by Crippen LogP contribution is 2.53. The lowest BCUT2D eigenvalue weighted by Crippen LogP contribution is -2.18. The fourth-order valence-corrected chi connectivity index (χ4v) is 5.24. The minimum atomic E-state index is -0.175. The summed E-state index contributed by atoms with van der Waals surface area (Å²) in [6, 6.07) is 28.4. The lowest BCUT2D eigenvalue weighted by atomic mass is 9.80. The van der Waals surface area contributed by atoms with Gasteiger partial charge in [-0.25, -0.2) is 9.97 Å². The van der Waals surface area contributed by atoms with Crippen LogP contribution < -0.4 is 0 Å². The molecule has 4 aromatic carbocycles. The predicted octanol–water partition coefficient (Wildman–Crippen LogP) is 7.88. The normalized spacial score (nSPS) is 14.2. The molecule has 156 valence electrons. The summed E-state index contributed by atoms with van der Waals surface area (Å²) in [5.41, 5.74) is 7.00. The van der Waals surface area contributed by atoms with Gasteiger partial charge in [0.05, 0.1) is 11.4 Å². The fraction of sp³-hybridized carbons (Fsp3) is 0.200. The van der Waals surface area contributed by atoms with Gasteiger partial charge >= 0.3 is 0 Å². The Morgan fingerprint density at radius 1 is 0.688 bits per heavy atom. The van der Waals surface area contributed by atoms with Crippen molar-refractivity contribution in [3.05, 3.63) is 95.8 Å². The molecule has 0 bridgehead atoms. The van der Waals surface area contributed by atoms with Crippen LogP contribution in [0.3, 0.4) is 0 Å². The van der Waals surface area contributed by atoms with Gasteiger partial charge in [0.2, 0.25) is 0 Å². The fourth-order valence-electron chi connectivity index (χ4n) is 5.24. The summed E-state index contributed by atoms with van der Waals surface area (Å²) in [5.74, 6) is 1.16. The second-order valence-corrected chi connectivity index (χ2v) is 9.70. The van der Waals surface area contributed by atoms with Crippen molar-refractivity contribution in [1.29, 1.82) is 0 Å². The van der Waals surface area contributed by atoms with E-state index in [0.29, 0.717) is 0 Å². The highest BCUT2D eigenvalue weighted by Gasteiger charge is 2.41. The van der Waals surface area contributed by atoms with Gasteiger partial charge in [0.1, 0.15) is 5.82 Å². The Hall–Kier alpha value is -3.52. The van der Waals surface area contributed by atoms with Crippen LogP contribution in [0, 0.1) is 0 Å². The van der Waals surface area contributed by atoms with Crippen molar-refractivity contribution in [2.24, 2.45) is 0 Å². The zero-order valence-electron chi connectivity index (χ0n) is 19.0. The van der Waals surface area contributed by atoms with Crippen molar-refractivity contribution in [2.45, 2.75) is 39.0 Å². The third kappa shape index (κ3) is 2.65. The second kappa shape index (κ2) is 6.74. The van der Waals surface area contributed by atoms with Crippen molar-refractivity contribution in [3.8, 4) is 22.5 Å². The van der Waals surface area contributed by atoms with Crippen molar-refractivity contribution < 1.29 is 0 Å². The topological polar surface area (TPSA) is 25.8 Å². The molecule has 0 unspecified atom stereocenters. The highest BCUT2D eigenvalue weighted by atomic mass is 14.9. The predicted molar refractivity (Wildman–Crippen MR) is 134 cm³/mol. The number of nitrogens with zero attached hydrogens (tertiary/aromatic N) is 2. The molecule has 0 amide bonds. The van der Waals surface area contributed by atoms with Gasteiger partial charge in [0.25, 0.3) is 0 Å². The third-order valence-corrected chi connectivity index (χ3v) is 6.93. The van der Waals surface area contributed by atoms with E-state index in [2.05, 4.69) is 107 Å². The van der Waals surface area contributed by atoms with Gasteiger partial charge in [-0.2, -0.15) is 0 Å². The number of hydrogen-bond acceptors (Lipinski definition) is 2. The van der Waals surface area contributed by atoms with Crippen LogP contribution in [0.1, 0.15) is 50.6 Å². The molecule has 1 aliphatic carbocycles. The summed E-state index contributed by atoms with van der Waals surface area (Å²) >= 11 is 0. The Morgan fingerprint density at radius 3 is 2.12 bits per heavy atom. The van der Waals surface area contributed by atoms with Gasteiger partial charge in [-0.15, -0.1) is 0 Å². The van der Waals surface area contributed by atoms with E-state index in [0.717, 1.165) is 22.8 Å². The van der Waals surface area contributed by atoms with Crippen LogP contribution in [0.5, 0.6) is 0 Å². The van der Waals surface area contributed by atoms with Gasteiger partial charge in [-0.05, 0) is 33.2 Å². The maximum absolute atomic E-state index is 5.18. The Morgan fingerprint density at radius 2 is 1.34 bits per heavy atom. The van der Waals surface area contributed by atoms with Crippen LogP contribution in [0.15, 0.2) is 78.9 Å². The molecule has 1 aromatic heterocycles. The average molecular weight is 415 g/mol. The monoisotopic (exact) mass is 414 g/mol. The number of benzene rings is 4. The molecule has 0 N–H and O–H groups in total. The molecule has 0 atom stereocenters. The molecule has 0 radical (unpaired) electrons. The molecule has 5 aromatic rings. The van der Waals surface area contributed by atoms with Crippen molar-refractivity contribution in [1.82, 2.24) is 9.97 Å². The van der Waals surface area contributed by atoms with Gasteiger partial charge < -0.3 is 0 Å². The number of hydrogen-bond donors (Lipinski definition) is 0. The van der Waals surface area contributed by atoms with E-state index in [1.54, 1.807) is 0 Å². The van der Waals surface area contributed by atoms with Gasteiger partial charge in [-0.1, -0.05) is 100 Å². The van der Waals surface area contributed by atoms with Crippen LogP contribution >= 0.6 is 0 Å². The molecule has 0 aliphatic heterocycles. The van der Waals surface area contributed by atoms with E-state index < -0.39 is 0 Å². The van der Waals surface area contributed by atoms with E-state index in [4.69, 9.17) is 9.97 Å². The van der Waals surface area contributed by atoms with Gasteiger partial charge in [0.15, 0.2) is 0 Å². The van der Waals surface area contributed by atoms with Crippen LogP contribution in [-0.4, -0.2) is 9.97 Å². The van der Waals surface area contributed by atoms with Gasteiger partial charge in [0, 0.05) is 28.0 Å². The largest absolute Gasteiger partial charge is 0.232 e. The Labute approximate surface area is 189 Å². The summed E-state index contributed by atoms with van der Waals surface area (Å²) in [4.78, 5) is 10.3. The van der Waals surface area contributed by atoms with Crippen LogP contribution in [0.25, 0.3) is 44.1 Å². The molecule has 0 spiro atoms. The van der Waals surface area contributed by atoms with Crippen LogP contribution in [0.4, 0.5) is 0 Å². The van der Waals surface area contributed by atoms with E-state index in [9.17, 15) is 0 Å². The molecular weight excluding hydrogens is 388 g/mol. The Kier molecular flexibility index (Phi) is 4.04. The molecule has 2 nitrogen and oxygen atoms in total. The molecule has 0 fully saturated rings. The number of rotatable bonds is 2. The quantitative estimate of drug-likeness (QED) is 0.293. The summed E-state index contributed by atoms with van der Waals surface area (Å²) in [6.07, 6.45) is 0. The summed E-state index contributed by atoms with van der Waals surface area (Å²) in [5, 5.41) is 5.02. The molecule has 32 heavy (non-hydrogen) atoms. The minimum Gasteiger partial charge on any atom is -0.232 e. The van der Waals surface area contributed by atoms with Crippen LogP contribution in [0.2, 0.25) is 0 Å². The Bertz CT molecular complexity index is 1530. The smallest absolute Gasteiger partial charge is 0.132 e. The molecule has 6 rings (SSSR count). The van der Waals surface area contributed by atoms with Crippen molar-refractivity contribution >= 4 is 21.5 Å². The van der Waals surface area contributed by atoms with Crippen molar-refractivity contribution in [3.63, 3.8) is 0 Å². The van der Waals surface area contributed by atoms with Crippen LogP contribution in [-0.2, 0) is 5.41 Å². The summed E-state index contributed by atoms with van der Waals surface area (Å²) < 4.78 is 0. The first kappa shape index (κ1) is 19.2. The lowest BCUT2D eigenvalue weighted by molar-refractivity contribution is 0.653. The first-order valence-electron chi connectivity index (χ1n) is 11.4. The number of fused-ring (bicyclic) bond motifs is 6. The standard InChI is InChI=1S/C30H26N2/c1-18(2)29-31-27(22-14-13-19-9-5-6-11-21(19)17-22)26-28(32-29)25-23-12-8-7-10-20(23)15-16-24(25)30(26,3)4/h5-18H,1-4H3. The lowest BCUT2D eigenvalue weighted by Gasteiger charge is -2.24. The third-order valence-electron chi connectivity index (χ3n) is 6.93. The number of aromatic nitrogens is 2. The SMILES string of the molecule is CC(C)c1nc(-c2ccc3ccccc3c2)c2c(n1)-c1c(ccc3ccccc13)C2(C)C. The zero-order valence-corrected chi connectivity index (χ0v) is 19.0. The molecular formula is C30H26N2. The minimum absolute atomic E-state index is 0.175. The van der Waals surface area contributed by atoms with Crippen molar-refractivity contribution in [2.75, 3.05) is 0 Å². The first-order chi connectivity index (χ1) is 15.4. The molecule has 0 saturated heterocycles. The van der Waals surface area contributed by atoms with Gasteiger partial charge in [-0.3, -0.25) is 0 Å². The zero-order chi connectivity index (χ0) is 22.0.